The molecule has 0 fully saturated rings. The molecule has 0 aliphatic rings. The van der Waals surface area contributed by atoms with Crippen LogP contribution >= 0.6 is 0 Å². The summed E-state index contributed by atoms with van der Waals surface area (Å²) in [5, 5.41) is 0.859. The highest BCUT2D eigenvalue weighted by molar-refractivity contribution is 5.85. The average molecular weight is 292 g/mol. The molecule has 0 aliphatic carbocycles. The van der Waals surface area contributed by atoms with E-state index in [4.69, 9.17) is 4.42 Å². The molecule has 0 spiro atoms. The Morgan fingerprint density at radius 3 is 2.50 bits per heavy atom. The van der Waals surface area contributed by atoms with Crippen molar-refractivity contribution >= 4 is 28.6 Å². The summed E-state index contributed by atoms with van der Waals surface area (Å²) in [6.07, 6.45) is 1.82. The number of hydrogen-bond acceptors (Lipinski definition) is 4. The molecule has 0 amide bonds. The zero-order chi connectivity index (χ0) is 15.5. The van der Waals surface area contributed by atoms with Crippen LogP contribution in [0.25, 0.3) is 11.0 Å². The van der Waals surface area contributed by atoms with E-state index in [0.29, 0.717) is 5.58 Å². The lowest BCUT2D eigenvalue weighted by atomic mass is 10.2. The molecule has 3 aromatic rings. The normalized spacial score (nSPS) is 11.2. The standard InChI is InChI=1S/C18H16N2O2/c1-20(2)16-7-3-13(4-8-16)12-19-15-6-9-17-14(11-15)5-10-18(21)22-17/h3-12H,1-2H3. The van der Waals surface area contributed by atoms with Gasteiger partial charge in [0.15, 0.2) is 0 Å². The minimum atomic E-state index is -0.343. The third kappa shape index (κ3) is 3.06. The topological polar surface area (TPSA) is 45.8 Å². The molecule has 0 radical (unpaired) electrons. The second kappa shape index (κ2) is 5.85. The summed E-state index contributed by atoms with van der Waals surface area (Å²) >= 11 is 0. The van der Waals surface area contributed by atoms with E-state index in [-0.39, 0.29) is 5.63 Å². The molecule has 0 N–H and O–H groups in total. The second-order valence-corrected chi connectivity index (χ2v) is 5.22. The number of benzene rings is 2. The first kappa shape index (κ1) is 14.1. The summed E-state index contributed by atoms with van der Waals surface area (Å²) in [7, 11) is 4.02. The number of fused-ring (bicyclic) bond motifs is 1. The van der Waals surface area contributed by atoms with Crippen LogP contribution in [0.15, 0.2) is 68.8 Å². The third-order valence-corrected chi connectivity index (χ3v) is 3.38. The van der Waals surface area contributed by atoms with Gasteiger partial charge in [-0.15, -0.1) is 0 Å². The highest BCUT2D eigenvalue weighted by Crippen LogP contribution is 2.20. The van der Waals surface area contributed by atoms with Crippen LogP contribution in [0, 0.1) is 0 Å². The Morgan fingerprint density at radius 2 is 1.77 bits per heavy atom. The third-order valence-electron chi connectivity index (χ3n) is 3.38. The summed E-state index contributed by atoms with van der Waals surface area (Å²) in [5.74, 6) is 0. The van der Waals surface area contributed by atoms with E-state index in [1.807, 2.05) is 44.6 Å². The quantitative estimate of drug-likeness (QED) is 0.547. The number of nitrogens with zero attached hydrogens (tertiary/aromatic N) is 2. The van der Waals surface area contributed by atoms with E-state index in [1.165, 1.54) is 6.07 Å². The Kier molecular flexibility index (Phi) is 3.74. The van der Waals surface area contributed by atoms with E-state index in [0.717, 1.165) is 22.3 Å². The fraction of sp³-hybridized carbons (Fsp3) is 0.111. The van der Waals surface area contributed by atoms with E-state index < -0.39 is 0 Å². The highest BCUT2D eigenvalue weighted by atomic mass is 16.4. The van der Waals surface area contributed by atoms with Gasteiger partial charge in [-0.2, -0.15) is 0 Å². The number of hydrogen-bond donors (Lipinski definition) is 0. The Balaban J connectivity index is 1.85. The molecule has 22 heavy (non-hydrogen) atoms. The molecule has 0 unspecified atom stereocenters. The number of anilines is 1. The van der Waals surface area contributed by atoms with Crippen molar-refractivity contribution in [2.24, 2.45) is 4.99 Å². The first-order chi connectivity index (χ1) is 10.6. The van der Waals surface area contributed by atoms with Gasteiger partial charge in [0.2, 0.25) is 0 Å². The van der Waals surface area contributed by atoms with Crippen LogP contribution in [0.2, 0.25) is 0 Å². The van der Waals surface area contributed by atoms with Gasteiger partial charge >= 0.3 is 5.63 Å². The van der Waals surface area contributed by atoms with Gasteiger partial charge in [-0.1, -0.05) is 12.1 Å². The predicted molar refractivity (Wildman–Crippen MR) is 90.5 cm³/mol. The minimum Gasteiger partial charge on any atom is -0.423 e. The monoisotopic (exact) mass is 292 g/mol. The molecule has 2 aromatic carbocycles. The first-order valence-electron chi connectivity index (χ1n) is 6.97. The van der Waals surface area contributed by atoms with Gasteiger partial charge in [-0.05, 0) is 42.0 Å². The van der Waals surface area contributed by atoms with Crippen molar-refractivity contribution in [2.75, 3.05) is 19.0 Å². The van der Waals surface area contributed by atoms with Crippen molar-refractivity contribution in [2.45, 2.75) is 0 Å². The molecular formula is C18H16N2O2. The van der Waals surface area contributed by atoms with Gasteiger partial charge in [0.1, 0.15) is 5.58 Å². The molecule has 110 valence electrons. The molecule has 0 aliphatic heterocycles. The number of rotatable bonds is 3. The van der Waals surface area contributed by atoms with Crippen LogP contribution in [0.4, 0.5) is 11.4 Å². The summed E-state index contributed by atoms with van der Waals surface area (Å²) in [6.45, 7) is 0. The molecule has 0 saturated carbocycles. The zero-order valence-electron chi connectivity index (χ0n) is 12.5. The van der Waals surface area contributed by atoms with Crippen molar-refractivity contribution in [3.63, 3.8) is 0 Å². The summed E-state index contributed by atoms with van der Waals surface area (Å²) < 4.78 is 5.10. The Hall–Kier alpha value is -2.88. The SMILES string of the molecule is CN(C)c1ccc(C=Nc2ccc3oc(=O)ccc3c2)cc1. The smallest absolute Gasteiger partial charge is 0.336 e. The van der Waals surface area contributed by atoms with Crippen LogP contribution in [-0.2, 0) is 0 Å². The van der Waals surface area contributed by atoms with Gasteiger partial charge in [0, 0.05) is 37.4 Å². The predicted octanol–water partition coefficient (Wildman–Crippen LogP) is 3.61. The minimum absolute atomic E-state index is 0.343. The van der Waals surface area contributed by atoms with Crippen LogP contribution in [0.1, 0.15) is 5.56 Å². The molecule has 4 heteroatoms. The molecule has 0 bridgehead atoms. The van der Waals surface area contributed by atoms with Crippen molar-refractivity contribution in [1.82, 2.24) is 0 Å². The molecule has 1 heterocycles. The van der Waals surface area contributed by atoms with Gasteiger partial charge < -0.3 is 9.32 Å². The highest BCUT2D eigenvalue weighted by Gasteiger charge is 1.98. The first-order valence-corrected chi connectivity index (χ1v) is 6.97. The lowest BCUT2D eigenvalue weighted by molar-refractivity contribution is 0.561. The van der Waals surface area contributed by atoms with Gasteiger partial charge in [0.25, 0.3) is 0 Å². The van der Waals surface area contributed by atoms with Crippen LogP contribution < -0.4 is 10.5 Å². The molecule has 4 nitrogen and oxygen atoms in total. The fourth-order valence-corrected chi connectivity index (χ4v) is 2.15. The van der Waals surface area contributed by atoms with Crippen LogP contribution in [-0.4, -0.2) is 20.3 Å². The lowest BCUT2D eigenvalue weighted by Crippen LogP contribution is -2.08. The van der Waals surface area contributed by atoms with Gasteiger partial charge in [-0.25, -0.2) is 4.79 Å². The maximum atomic E-state index is 11.2. The largest absolute Gasteiger partial charge is 0.423 e. The molecule has 0 saturated heterocycles. The molecule has 3 rings (SSSR count). The van der Waals surface area contributed by atoms with E-state index in [2.05, 4.69) is 22.0 Å². The van der Waals surface area contributed by atoms with Gasteiger partial charge in [-0.3, -0.25) is 4.99 Å². The maximum absolute atomic E-state index is 11.2. The van der Waals surface area contributed by atoms with Crippen LogP contribution in [0.3, 0.4) is 0 Å². The van der Waals surface area contributed by atoms with E-state index in [1.54, 1.807) is 12.1 Å². The van der Waals surface area contributed by atoms with Crippen molar-refractivity contribution in [3.05, 3.63) is 70.6 Å². The van der Waals surface area contributed by atoms with Crippen molar-refractivity contribution < 1.29 is 4.42 Å². The summed E-state index contributed by atoms with van der Waals surface area (Å²) in [6, 6.07) is 16.8. The molecule has 1 aromatic heterocycles. The zero-order valence-corrected chi connectivity index (χ0v) is 12.5. The number of aliphatic imine (C=N–C) groups is 1. The van der Waals surface area contributed by atoms with Crippen molar-refractivity contribution in [1.29, 1.82) is 0 Å². The average Bonchev–Trinajstić information content (AvgIpc) is 2.53. The summed E-state index contributed by atoms with van der Waals surface area (Å²) in [5.41, 5.74) is 3.23. The Labute approximate surface area is 128 Å². The molecule has 0 atom stereocenters. The van der Waals surface area contributed by atoms with Crippen molar-refractivity contribution in [3.8, 4) is 0 Å². The Morgan fingerprint density at radius 1 is 1.00 bits per heavy atom. The fourth-order valence-electron chi connectivity index (χ4n) is 2.15. The van der Waals surface area contributed by atoms with E-state index >= 15 is 0 Å². The Bertz CT molecular complexity index is 877. The van der Waals surface area contributed by atoms with Crippen LogP contribution in [0.5, 0.6) is 0 Å². The molecular weight excluding hydrogens is 276 g/mol. The van der Waals surface area contributed by atoms with Gasteiger partial charge in [0.05, 0.1) is 5.69 Å². The summed E-state index contributed by atoms with van der Waals surface area (Å²) in [4.78, 5) is 17.7. The maximum Gasteiger partial charge on any atom is 0.336 e. The lowest BCUT2D eigenvalue weighted by Gasteiger charge is -2.11. The van der Waals surface area contributed by atoms with E-state index in [9.17, 15) is 4.79 Å². The second-order valence-electron chi connectivity index (χ2n) is 5.22.